The van der Waals surface area contributed by atoms with Gasteiger partial charge in [0.25, 0.3) is 0 Å². The van der Waals surface area contributed by atoms with Gasteiger partial charge in [-0.1, -0.05) is 18.1 Å². The van der Waals surface area contributed by atoms with Crippen LogP contribution >= 0.6 is 0 Å². The van der Waals surface area contributed by atoms with Crippen LogP contribution in [-0.2, 0) is 30.9 Å². The maximum absolute atomic E-state index is 13.8. The fraction of sp³-hybridized carbons (Fsp3) is 0.515. The number of carbonyl (C=O) groups excluding carboxylic acids is 2. The van der Waals surface area contributed by atoms with Gasteiger partial charge in [-0.15, -0.1) is 5.92 Å². The number of carbonyl (C=O) groups is 2. The third-order valence-electron chi connectivity index (χ3n) is 8.97. The van der Waals surface area contributed by atoms with Crippen LogP contribution in [0.3, 0.4) is 0 Å². The number of piperidine rings is 1. The normalized spacial score (nSPS) is 21.2. The number of methoxy groups -OCH3 is 1. The number of anilines is 1. The molecule has 3 fully saturated rings. The lowest BCUT2D eigenvalue weighted by molar-refractivity contribution is -0.165. The van der Waals surface area contributed by atoms with E-state index in [-0.39, 0.29) is 24.3 Å². The van der Waals surface area contributed by atoms with E-state index in [1.54, 1.807) is 30.0 Å². The van der Waals surface area contributed by atoms with Crippen LogP contribution in [0.25, 0.3) is 0 Å². The van der Waals surface area contributed by atoms with Gasteiger partial charge in [-0.3, -0.25) is 19.2 Å². The van der Waals surface area contributed by atoms with E-state index < -0.39 is 27.7 Å². The Morgan fingerprint density at radius 3 is 2.43 bits per heavy atom. The number of nitrogens with one attached hydrogen (secondary N) is 2. The summed E-state index contributed by atoms with van der Waals surface area (Å²) in [5.41, 5.74) is 0.418. The number of hydrogen-bond donors (Lipinski definition) is 3. The molecule has 0 unspecified atom stereocenters. The fourth-order valence-corrected chi connectivity index (χ4v) is 7.00. The molecule has 0 radical (unpaired) electrons. The summed E-state index contributed by atoms with van der Waals surface area (Å²) in [6.07, 6.45) is 2.32. The molecule has 0 bridgehead atoms. The SMILES string of the molecule is CC#CCN1C(=O)[C@@H]([C@H](O)C2CCOCC2)NC(=O)C12CCN(Cc1ccc(Oc3ccc(NS(C)(=O)=O)cc3OC)cc1)CC2. The predicted molar refractivity (Wildman–Crippen MR) is 172 cm³/mol. The number of piperazine rings is 1. The molecular weight excluding hydrogens is 612 g/mol. The first-order valence-corrected chi connectivity index (χ1v) is 17.3. The molecule has 3 heterocycles. The van der Waals surface area contributed by atoms with Crippen molar-refractivity contribution in [1.82, 2.24) is 15.1 Å². The second kappa shape index (κ2) is 14.3. The van der Waals surface area contributed by atoms with Gasteiger partial charge < -0.3 is 29.5 Å². The van der Waals surface area contributed by atoms with Gasteiger partial charge in [0.2, 0.25) is 21.8 Å². The second-order valence-electron chi connectivity index (χ2n) is 12.0. The first kappa shape index (κ1) is 33.5. The highest BCUT2D eigenvalue weighted by Gasteiger charge is 2.55. The Morgan fingerprint density at radius 1 is 1.11 bits per heavy atom. The van der Waals surface area contributed by atoms with Crippen molar-refractivity contribution in [1.29, 1.82) is 0 Å². The highest BCUT2D eigenvalue weighted by molar-refractivity contribution is 7.92. The number of benzene rings is 2. The molecule has 2 aromatic carbocycles. The van der Waals surface area contributed by atoms with E-state index in [0.29, 0.717) is 81.5 Å². The van der Waals surface area contributed by atoms with Gasteiger partial charge in [0.1, 0.15) is 17.3 Å². The number of sulfonamides is 1. The zero-order valence-corrected chi connectivity index (χ0v) is 27.3. The van der Waals surface area contributed by atoms with Crippen LogP contribution in [0.1, 0.15) is 38.2 Å². The summed E-state index contributed by atoms with van der Waals surface area (Å²) in [6.45, 7) is 4.78. The van der Waals surface area contributed by atoms with E-state index in [2.05, 4.69) is 26.8 Å². The van der Waals surface area contributed by atoms with E-state index in [1.807, 2.05) is 24.3 Å². The molecule has 0 aliphatic carbocycles. The van der Waals surface area contributed by atoms with Crippen molar-refractivity contribution in [2.45, 2.75) is 56.8 Å². The minimum Gasteiger partial charge on any atom is -0.493 e. The van der Waals surface area contributed by atoms with Gasteiger partial charge >= 0.3 is 0 Å². The molecule has 3 N–H and O–H groups in total. The standard InChI is InChI=1S/C33H42N4O8S/c1-4-5-16-37-31(39)29(30(38)24-12-19-44-20-13-24)34-32(40)33(37)14-17-36(18-15-33)22-23-6-9-26(10-7-23)45-27-11-8-25(21-28(27)43-2)35-46(3,41)42/h6-11,21,24,29-30,35,38H,12-20,22H2,1-3H3,(H,34,40)/t29-,30-/m1/s1. The summed E-state index contributed by atoms with van der Waals surface area (Å²) in [7, 11) is -1.94. The van der Waals surface area contributed by atoms with Gasteiger partial charge in [-0.25, -0.2) is 8.42 Å². The molecule has 1 spiro atoms. The first-order chi connectivity index (χ1) is 22.0. The lowest BCUT2D eigenvalue weighted by Gasteiger charge is -2.52. The Morgan fingerprint density at radius 2 is 1.80 bits per heavy atom. The largest absolute Gasteiger partial charge is 0.493 e. The molecule has 248 valence electrons. The van der Waals surface area contributed by atoms with Crippen LogP contribution < -0.4 is 19.5 Å². The minimum absolute atomic E-state index is 0.110. The lowest BCUT2D eigenvalue weighted by atomic mass is 9.79. The van der Waals surface area contributed by atoms with E-state index in [9.17, 15) is 23.1 Å². The van der Waals surface area contributed by atoms with Crippen LogP contribution in [0.2, 0.25) is 0 Å². The molecule has 0 saturated carbocycles. The number of nitrogens with zero attached hydrogens (tertiary/aromatic N) is 2. The molecule has 12 nitrogen and oxygen atoms in total. The number of aliphatic hydroxyl groups is 1. The van der Waals surface area contributed by atoms with Crippen molar-refractivity contribution in [3.8, 4) is 29.1 Å². The van der Waals surface area contributed by atoms with Gasteiger partial charge in [-0.2, -0.15) is 0 Å². The Labute approximate surface area is 270 Å². The lowest BCUT2D eigenvalue weighted by Crippen LogP contribution is -2.75. The molecule has 3 aliphatic rings. The Bertz CT molecular complexity index is 1570. The van der Waals surface area contributed by atoms with E-state index in [0.717, 1.165) is 11.8 Å². The molecule has 3 aliphatic heterocycles. The quantitative estimate of drug-likeness (QED) is 0.329. The Hall–Kier alpha value is -3.83. The molecule has 2 atom stereocenters. The summed E-state index contributed by atoms with van der Waals surface area (Å²) >= 11 is 0. The Kier molecular flexibility index (Phi) is 10.4. The molecule has 2 aromatic rings. The molecule has 5 rings (SSSR count). The second-order valence-corrected chi connectivity index (χ2v) is 13.8. The average molecular weight is 655 g/mol. The van der Waals surface area contributed by atoms with Gasteiger partial charge in [0.15, 0.2) is 11.5 Å². The number of likely N-dealkylation sites (tertiary alicyclic amines) is 1. The minimum atomic E-state index is -3.43. The fourth-order valence-electron chi connectivity index (χ4n) is 6.44. The number of aliphatic hydroxyl groups excluding tert-OH is 1. The van der Waals surface area contributed by atoms with Crippen LogP contribution in [0.4, 0.5) is 5.69 Å². The number of rotatable bonds is 10. The number of hydrogen-bond acceptors (Lipinski definition) is 9. The van der Waals surface area contributed by atoms with Crippen molar-refractivity contribution in [2.75, 3.05) is 50.9 Å². The summed E-state index contributed by atoms with van der Waals surface area (Å²) in [4.78, 5) is 31.3. The first-order valence-electron chi connectivity index (χ1n) is 15.5. The summed E-state index contributed by atoms with van der Waals surface area (Å²) < 4.78 is 42.3. The van der Waals surface area contributed by atoms with Crippen molar-refractivity contribution in [2.24, 2.45) is 5.92 Å². The molecular formula is C33H42N4O8S. The van der Waals surface area contributed by atoms with Crippen molar-refractivity contribution < 1.29 is 37.3 Å². The summed E-state index contributed by atoms with van der Waals surface area (Å²) in [5, 5.41) is 14.0. The van der Waals surface area contributed by atoms with Crippen LogP contribution in [0.5, 0.6) is 17.2 Å². The van der Waals surface area contributed by atoms with Crippen molar-refractivity contribution in [3.05, 3.63) is 48.0 Å². The average Bonchev–Trinajstić information content (AvgIpc) is 3.04. The van der Waals surface area contributed by atoms with E-state index >= 15 is 0 Å². The smallest absolute Gasteiger partial charge is 0.249 e. The van der Waals surface area contributed by atoms with Gasteiger partial charge in [0.05, 0.1) is 31.7 Å². The third-order valence-corrected chi connectivity index (χ3v) is 9.58. The summed E-state index contributed by atoms with van der Waals surface area (Å²) in [6, 6.07) is 11.4. The van der Waals surface area contributed by atoms with Crippen LogP contribution in [0.15, 0.2) is 42.5 Å². The molecule has 46 heavy (non-hydrogen) atoms. The highest BCUT2D eigenvalue weighted by atomic mass is 32.2. The maximum atomic E-state index is 13.8. The third kappa shape index (κ3) is 7.58. The van der Waals surface area contributed by atoms with Gasteiger partial charge in [0, 0.05) is 38.9 Å². The van der Waals surface area contributed by atoms with Crippen molar-refractivity contribution in [3.63, 3.8) is 0 Å². The topological polar surface area (TPSA) is 147 Å². The molecule has 13 heteroatoms. The Balaban J connectivity index is 1.21. The molecule has 2 amide bonds. The van der Waals surface area contributed by atoms with E-state index in [1.165, 1.54) is 7.11 Å². The monoisotopic (exact) mass is 654 g/mol. The number of ether oxygens (including phenoxy) is 3. The van der Waals surface area contributed by atoms with Crippen LogP contribution in [0, 0.1) is 17.8 Å². The maximum Gasteiger partial charge on any atom is 0.249 e. The van der Waals surface area contributed by atoms with Crippen LogP contribution in [-0.4, -0.2) is 99.0 Å². The number of amides is 2. The zero-order chi connectivity index (χ0) is 32.9. The molecule has 0 aromatic heterocycles. The predicted octanol–water partition coefficient (Wildman–Crippen LogP) is 2.33. The molecule has 3 saturated heterocycles. The van der Waals surface area contributed by atoms with Gasteiger partial charge in [-0.05, 0) is 68.4 Å². The van der Waals surface area contributed by atoms with E-state index in [4.69, 9.17) is 14.2 Å². The highest BCUT2D eigenvalue weighted by Crippen LogP contribution is 2.36. The zero-order valence-electron chi connectivity index (χ0n) is 26.5. The van der Waals surface area contributed by atoms with Crippen molar-refractivity contribution >= 4 is 27.5 Å². The summed E-state index contributed by atoms with van der Waals surface area (Å²) in [5.74, 6) is 6.64.